The number of sulfonamides is 1. The van der Waals surface area contributed by atoms with Gasteiger partial charge in [-0.15, -0.1) is 13.2 Å². The van der Waals surface area contributed by atoms with Gasteiger partial charge in [0.15, 0.2) is 0 Å². The first-order valence-electron chi connectivity index (χ1n) is 10.5. The molecule has 4 aromatic rings. The monoisotopic (exact) mass is 519 g/mol. The van der Waals surface area contributed by atoms with E-state index in [9.17, 15) is 21.6 Å². The Hall–Kier alpha value is -4.13. The highest BCUT2D eigenvalue weighted by Gasteiger charge is 2.31. The number of nitrogens with one attached hydrogen (secondary N) is 2. The molecule has 0 atom stereocenters. The maximum absolute atomic E-state index is 12.4. The van der Waals surface area contributed by atoms with Crippen LogP contribution in [0.15, 0.2) is 61.1 Å². The predicted molar refractivity (Wildman–Crippen MR) is 129 cm³/mol. The number of nitrogens with zero attached hydrogens (tertiary/aromatic N) is 3. The second-order valence-corrected chi connectivity index (χ2v) is 9.45. The Labute approximate surface area is 204 Å². The molecular formula is C23H20F3N5O4S. The number of halogens is 3. The summed E-state index contributed by atoms with van der Waals surface area (Å²) in [6, 6.07) is 12.2. The van der Waals surface area contributed by atoms with Gasteiger partial charge in [-0.1, -0.05) is 6.07 Å². The molecule has 2 N–H and O–H groups in total. The molecule has 0 aliphatic rings. The van der Waals surface area contributed by atoms with Gasteiger partial charge in [0.25, 0.3) is 0 Å². The van der Waals surface area contributed by atoms with Crippen LogP contribution in [0.25, 0.3) is 22.0 Å². The minimum absolute atomic E-state index is 0.119. The molecule has 36 heavy (non-hydrogen) atoms. The number of fused-ring (bicyclic) bond motifs is 1. The van der Waals surface area contributed by atoms with Crippen molar-refractivity contribution in [1.82, 2.24) is 15.0 Å². The number of alkyl halides is 3. The summed E-state index contributed by atoms with van der Waals surface area (Å²) >= 11 is 0. The minimum atomic E-state index is -4.78. The smallest absolute Gasteiger partial charge is 0.480 e. The number of ether oxygens (including phenoxy) is 2. The second kappa shape index (κ2) is 9.85. The second-order valence-electron chi connectivity index (χ2n) is 7.44. The highest BCUT2D eigenvalue weighted by atomic mass is 32.2. The van der Waals surface area contributed by atoms with Crippen molar-refractivity contribution in [1.29, 1.82) is 0 Å². The maximum atomic E-state index is 12.4. The van der Waals surface area contributed by atoms with Crippen LogP contribution in [0, 0.1) is 0 Å². The van der Waals surface area contributed by atoms with Crippen molar-refractivity contribution in [2.24, 2.45) is 0 Å². The molecule has 0 radical (unpaired) electrons. The SMILES string of the molecule is CCS(=O)(=O)Nc1cc(-c2ccc3ncnc(Nc4ccc(OC(F)(F)F)cc4)c3c2)cnc1OC. The van der Waals surface area contributed by atoms with E-state index in [1.165, 1.54) is 44.6 Å². The Morgan fingerprint density at radius 2 is 1.72 bits per heavy atom. The van der Waals surface area contributed by atoms with Crippen molar-refractivity contribution in [2.75, 3.05) is 22.9 Å². The summed E-state index contributed by atoms with van der Waals surface area (Å²) in [5, 5.41) is 3.69. The molecule has 0 saturated heterocycles. The van der Waals surface area contributed by atoms with Crippen molar-refractivity contribution in [3.05, 3.63) is 61.1 Å². The van der Waals surface area contributed by atoms with Crippen LogP contribution < -0.4 is 19.5 Å². The summed E-state index contributed by atoms with van der Waals surface area (Å²) in [6.07, 6.45) is -1.88. The zero-order valence-corrected chi connectivity index (χ0v) is 19.8. The molecule has 188 valence electrons. The number of pyridine rings is 1. The molecule has 0 aliphatic heterocycles. The van der Waals surface area contributed by atoms with E-state index in [0.29, 0.717) is 33.5 Å². The highest BCUT2D eigenvalue weighted by Crippen LogP contribution is 2.33. The average Bonchev–Trinajstić information content (AvgIpc) is 2.84. The average molecular weight is 520 g/mol. The number of anilines is 3. The van der Waals surface area contributed by atoms with Crippen molar-refractivity contribution in [2.45, 2.75) is 13.3 Å². The third-order valence-corrected chi connectivity index (χ3v) is 6.30. The molecule has 0 bridgehead atoms. The summed E-state index contributed by atoms with van der Waals surface area (Å²) in [5.41, 5.74) is 2.59. The van der Waals surface area contributed by atoms with Crippen molar-refractivity contribution >= 4 is 38.1 Å². The van der Waals surface area contributed by atoms with Gasteiger partial charge in [-0.3, -0.25) is 4.72 Å². The van der Waals surface area contributed by atoms with Crippen molar-refractivity contribution < 1.29 is 31.1 Å². The molecule has 2 aromatic carbocycles. The Bertz CT molecular complexity index is 1500. The molecule has 0 fully saturated rings. The lowest BCUT2D eigenvalue weighted by Crippen LogP contribution is -2.16. The van der Waals surface area contributed by atoms with Crippen molar-refractivity contribution in [3.63, 3.8) is 0 Å². The molecule has 9 nitrogen and oxygen atoms in total. The maximum Gasteiger partial charge on any atom is 0.573 e. The van der Waals surface area contributed by atoms with Crippen LogP contribution in [0.4, 0.5) is 30.4 Å². The topological polar surface area (TPSA) is 115 Å². The van der Waals surface area contributed by atoms with E-state index in [-0.39, 0.29) is 23.1 Å². The molecule has 0 unspecified atom stereocenters. The first kappa shape index (κ1) is 25.0. The van der Waals surface area contributed by atoms with E-state index in [4.69, 9.17) is 4.74 Å². The van der Waals surface area contributed by atoms with Crippen LogP contribution in [0.2, 0.25) is 0 Å². The molecular weight excluding hydrogens is 499 g/mol. The first-order chi connectivity index (χ1) is 17.1. The Kier molecular flexibility index (Phi) is 6.84. The van der Waals surface area contributed by atoms with Gasteiger partial charge in [0.05, 0.1) is 18.4 Å². The lowest BCUT2D eigenvalue weighted by atomic mass is 10.0. The lowest BCUT2D eigenvalue weighted by Gasteiger charge is -2.13. The minimum Gasteiger partial charge on any atom is -0.480 e. The summed E-state index contributed by atoms with van der Waals surface area (Å²) < 4.78 is 72.9. The third-order valence-electron chi connectivity index (χ3n) is 5.01. The quantitative estimate of drug-likeness (QED) is 0.330. The van der Waals surface area contributed by atoms with Gasteiger partial charge in [0.2, 0.25) is 15.9 Å². The number of rotatable bonds is 8. The van der Waals surface area contributed by atoms with E-state index in [1.54, 1.807) is 30.5 Å². The van der Waals surface area contributed by atoms with Gasteiger partial charge in [-0.2, -0.15) is 0 Å². The van der Waals surface area contributed by atoms with Gasteiger partial charge in [-0.05, 0) is 55.0 Å². The molecule has 13 heteroatoms. The fourth-order valence-electron chi connectivity index (χ4n) is 3.30. The normalized spacial score (nSPS) is 11.8. The third kappa shape index (κ3) is 5.92. The number of hydrogen-bond donors (Lipinski definition) is 2. The fourth-order valence-corrected chi connectivity index (χ4v) is 3.92. The summed E-state index contributed by atoms with van der Waals surface area (Å²) in [5.74, 6) is 0.0794. The van der Waals surface area contributed by atoms with Gasteiger partial charge >= 0.3 is 6.36 Å². The van der Waals surface area contributed by atoms with Crippen LogP contribution in [0.5, 0.6) is 11.6 Å². The number of aromatic nitrogens is 3. The fraction of sp³-hybridized carbons (Fsp3) is 0.174. The van der Waals surface area contributed by atoms with E-state index in [2.05, 4.69) is 29.7 Å². The first-order valence-corrected chi connectivity index (χ1v) is 12.1. The standard InChI is InChI=1S/C23H20F3N5O4S/c1-3-36(32,33)31-20-11-15(12-27-22(20)34-2)14-4-9-19-18(10-14)21(29-13-28-19)30-16-5-7-17(8-6-16)35-23(24,25)26/h4-13,31H,3H2,1-2H3,(H,28,29,30). The van der Waals surface area contributed by atoms with E-state index >= 15 is 0 Å². The van der Waals surface area contributed by atoms with Crippen LogP contribution in [0.3, 0.4) is 0 Å². The molecule has 0 saturated carbocycles. The van der Waals surface area contributed by atoms with Gasteiger partial charge in [-0.25, -0.2) is 23.4 Å². The molecule has 0 amide bonds. The molecule has 2 aromatic heterocycles. The predicted octanol–water partition coefficient (Wildman–Crippen LogP) is 5.10. The Balaban J connectivity index is 1.68. The summed E-state index contributed by atoms with van der Waals surface area (Å²) in [4.78, 5) is 12.7. The zero-order chi connectivity index (χ0) is 25.9. The Morgan fingerprint density at radius 3 is 2.39 bits per heavy atom. The zero-order valence-electron chi connectivity index (χ0n) is 19.0. The molecule has 0 aliphatic carbocycles. The Morgan fingerprint density at radius 1 is 0.972 bits per heavy atom. The van der Waals surface area contributed by atoms with E-state index in [0.717, 1.165) is 0 Å². The molecule has 2 heterocycles. The van der Waals surface area contributed by atoms with Crippen molar-refractivity contribution in [3.8, 4) is 22.8 Å². The number of methoxy groups -OCH3 is 1. The van der Waals surface area contributed by atoms with E-state index in [1.807, 2.05) is 0 Å². The summed E-state index contributed by atoms with van der Waals surface area (Å²) in [7, 11) is -2.18. The molecule has 4 rings (SSSR count). The van der Waals surface area contributed by atoms with Crippen LogP contribution in [-0.4, -0.2) is 42.6 Å². The van der Waals surface area contributed by atoms with Crippen LogP contribution in [0.1, 0.15) is 6.92 Å². The highest BCUT2D eigenvalue weighted by molar-refractivity contribution is 7.92. The van der Waals surface area contributed by atoms with Gasteiger partial charge in [0.1, 0.15) is 23.6 Å². The molecule has 0 spiro atoms. The van der Waals surface area contributed by atoms with Gasteiger partial charge in [0, 0.05) is 22.8 Å². The van der Waals surface area contributed by atoms with Crippen LogP contribution >= 0.6 is 0 Å². The van der Waals surface area contributed by atoms with Gasteiger partial charge < -0.3 is 14.8 Å². The lowest BCUT2D eigenvalue weighted by molar-refractivity contribution is -0.274. The van der Waals surface area contributed by atoms with E-state index < -0.39 is 16.4 Å². The number of hydrogen-bond acceptors (Lipinski definition) is 8. The summed E-state index contributed by atoms with van der Waals surface area (Å²) in [6.45, 7) is 1.51. The number of benzene rings is 2. The van der Waals surface area contributed by atoms with Crippen LogP contribution in [-0.2, 0) is 10.0 Å². The largest absolute Gasteiger partial charge is 0.573 e.